The lowest BCUT2D eigenvalue weighted by atomic mass is 10.2. The summed E-state index contributed by atoms with van der Waals surface area (Å²) in [7, 11) is 0. The quantitative estimate of drug-likeness (QED) is 0.515. The molecule has 1 rings (SSSR count). The van der Waals surface area contributed by atoms with Crippen molar-refractivity contribution < 1.29 is 14.7 Å². The predicted octanol–water partition coefficient (Wildman–Crippen LogP) is -2.04. The molecule has 0 atom stereocenters. The number of carbonyl (C=O) groups is 2. The van der Waals surface area contributed by atoms with Gasteiger partial charge in [-0.2, -0.15) is 0 Å². The van der Waals surface area contributed by atoms with Gasteiger partial charge in [-0.3, -0.25) is 4.79 Å². The Balaban J connectivity index is 3.05. The fourth-order valence-electron chi connectivity index (χ4n) is 1.16. The van der Waals surface area contributed by atoms with Crippen LogP contribution in [0.5, 0.6) is 0 Å². The van der Waals surface area contributed by atoms with E-state index >= 15 is 0 Å². The van der Waals surface area contributed by atoms with Crippen molar-refractivity contribution in [3.05, 3.63) is 11.4 Å². The number of rotatable bonds is 5. The van der Waals surface area contributed by atoms with Crippen LogP contribution >= 0.6 is 0 Å². The topological polar surface area (TPSA) is 137 Å². The number of carboxylic acids is 1. The molecule has 0 bridgehead atoms. The number of carboxylic acid groups (broad SMARTS) is 1. The number of hydrogen-bond donors (Lipinski definition) is 3. The summed E-state index contributed by atoms with van der Waals surface area (Å²) in [4.78, 5) is 21.4. The molecule has 0 aliphatic carbocycles. The normalized spacial score (nSPS) is 10.2. The molecule has 0 saturated carbocycles. The zero-order chi connectivity index (χ0) is 11.4. The number of nitrogens with two attached hydrogens (primary N) is 2. The minimum Gasteiger partial charge on any atom is -0.476 e. The highest BCUT2D eigenvalue weighted by Gasteiger charge is 2.18. The minimum atomic E-state index is -1.20. The lowest BCUT2D eigenvalue weighted by molar-refractivity contribution is -0.118. The molecule has 1 heterocycles. The number of nitrogens with zero attached hydrogens (tertiary/aromatic N) is 3. The Labute approximate surface area is 84.8 Å². The monoisotopic (exact) mass is 213 g/mol. The van der Waals surface area contributed by atoms with E-state index in [0.717, 1.165) is 4.68 Å². The van der Waals surface area contributed by atoms with Crippen molar-refractivity contribution in [1.29, 1.82) is 0 Å². The van der Waals surface area contributed by atoms with Gasteiger partial charge in [-0.15, -0.1) is 5.10 Å². The first-order valence-electron chi connectivity index (χ1n) is 4.20. The molecule has 1 aromatic heterocycles. The van der Waals surface area contributed by atoms with E-state index in [1.54, 1.807) is 0 Å². The number of aromatic nitrogens is 3. The average Bonchev–Trinajstić information content (AvgIpc) is 2.48. The van der Waals surface area contributed by atoms with Crippen LogP contribution in [0.15, 0.2) is 0 Å². The number of aromatic carboxylic acids is 1. The second-order valence-corrected chi connectivity index (χ2v) is 2.85. The van der Waals surface area contributed by atoms with Crippen LogP contribution in [0.4, 0.5) is 0 Å². The Morgan fingerprint density at radius 2 is 2.13 bits per heavy atom. The van der Waals surface area contributed by atoms with E-state index < -0.39 is 11.9 Å². The lowest BCUT2D eigenvalue weighted by Gasteiger charge is -2.02. The SMILES string of the molecule is NCCc1c(C(=O)O)nnn1CC(N)=O. The molecule has 82 valence electrons. The highest BCUT2D eigenvalue weighted by atomic mass is 16.4. The van der Waals surface area contributed by atoms with Crippen LogP contribution in [-0.2, 0) is 17.8 Å². The summed E-state index contributed by atoms with van der Waals surface area (Å²) in [5, 5.41) is 15.7. The molecule has 8 nitrogen and oxygen atoms in total. The summed E-state index contributed by atoms with van der Waals surface area (Å²) < 4.78 is 1.15. The third-order valence-electron chi connectivity index (χ3n) is 1.73. The molecule has 1 aromatic rings. The molecule has 0 radical (unpaired) electrons. The van der Waals surface area contributed by atoms with Gasteiger partial charge in [0.25, 0.3) is 0 Å². The predicted molar refractivity (Wildman–Crippen MR) is 48.9 cm³/mol. The van der Waals surface area contributed by atoms with Crippen LogP contribution in [0.2, 0.25) is 0 Å². The Kier molecular flexibility index (Phi) is 3.34. The fraction of sp³-hybridized carbons (Fsp3) is 0.429. The Bertz CT molecular complexity index is 386. The van der Waals surface area contributed by atoms with Gasteiger partial charge in [0.1, 0.15) is 6.54 Å². The number of carbonyl (C=O) groups excluding carboxylic acids is 1. The summed E-state index contributed by atoms with van der Waals surface area (Å²) in [6, 6.07) is 0. The third kappa shape index (κ3) is 2.50. The van der Waals surface area contributed by atoms with Crippen molar-refractivity contribution >= 4 is 11.9 Å². The van der Waals surface area contributed by atoms with E-state index in [9.17, 15) is 9.59 Å². The first-order chi connectivity index (χ1) is 7.06. The van der Waals surface area contributed by atoms with E-state index in [-0.39, 0.29) is 25.2 Å². The van der Waals surface area contributed by atoms with Gasteiger partial charge in [-0.25, -0.2) is 9.48 Å². The van der Waals surface area contributed by atoms with E-state index in [0.29, 0.717) is 5.69 Å². The molecule has 0 unspecified atom stereocenters. The minimum absolute atomic E-state index is 0.193. The van der Waals surface area contributed by atoms with Crippen LogP contribution in [0, 0.1) is 0 Å². The van der Waals surface area contributed by atoms with Crippen LogP contribution < -0.4 is 11.5 Å². The van der Waals surface area contributed by atoms with Gasteiger partial charge in [0, 0.05) is 6.42 Å². The first kappa shape index (κ1) is 11.1. The van der Waals surface area contributed by atoms with Gasteiger partial charge in [0.05, 0.1) is 5.69 Å². The molecule has 0 spiro atoms. The second kappa shape index (κ2) is 4.51. The summed E-state index contributed by atoms with van der Waals surface area (Å²) in [6.07, 6.45) is 0.280. The van der Waals surface area contributed by atoms with Crippen molar-refractivity contribution in [2.45, 2.75) is 13.0 Å². The van der Waals surface area contributed by atoms with Crippen LogP contribution in [0.1, 0.15) is 16.2 Å². The zero-order valence-corrected chi connectivity index (χ0v) is 7.88. The lowest BCUT2D eigenvalue weighted by Crippen LogP contribution is -2.22. The molecule has 0 fully saturated rings. The fourth-order valence-corrected chi connectivity index (χ4v) is 1.16. The van der Waals surface area contributed by atoms with Crippen molar-refractivity contribution in [2.75, 3.05) is 6.54 Å². The molecule has 0 aliphatic rings. The maximum Gasteiger partial charge on any atom is 0.358 e. The van der Waals surface area contributed by atoms with Gasteiger partial charge in [-0.1, -0.05) is 5.21 Å². The first-order valence-corrected chi connectivity index (χ1v) is 4.20. The Morgan fingerprint density at radius 3 is 2.60 bits per heavy atom. The molecule has 0 saturated heterocycles. The smallest absolute Gasteiger partial charge is 0.358 e. The molecule has 8 heteroatoms. The van der Waals surface area contributed by atoms with Crippen LogP contribution in [0.3, 0.4) is 0 Å². The molecular formula is C7H11N5O3. The second-order valence-electron chi connectivity index (χ2n) is 2.85. The summed E-state index contributed by atoms with van der Waals surface area (Å²) in [6.45, 7) is 0.0437. The maximum absolute atomic E-state index is 10.7. The molecule has 5 N–H and O–H groups in total. The van der Waals surface area contributed by atoms with Gasteiger partial charge in [-0.05, 0) is 6.54 Å². The Hall–Kier alpha value is -1.96. The van der Waals surface area contributed by atoms with Gasteiger partial charge in [0.2, 0.25) is 5.91 Å². The van der Waals surface area contributed by atoms with Gasteiger partial charge in [0.15, 0.2) is 5.69 Å². The molecule has 0 aliphatic heterocycles. The third-order valence-corrected chi connectivity index (χ3v) is 1.73. The molecular weight excluding hydrogens is 202 g/mol. The largest absolute Gasteiger partial charge is 0.476 e. The average molecular weight is 213 g/mol. The zero-order valence-electron chi connectivity index (χ0n) is 7.88. The van der Waals surface area contributed by atoms with Crippen LogP contribution in [-0.4, -0.2) is 38.5 Å². The molecule has 1 amide bonds. The Morgan fingerprint density at radius 1 is 1.47 bits per heavy atom. The molecule has 15 heavy (non-hydrogen) atoms. The number of hydrogen-bond acceptors (Lipinski definition) is 5. The van der Waals surface area contributed by atoms with Crippen molar-refractivity contribution in [1.82, 2.24) is 15.0 Å². The van der Waals surface area contributed by atoms with Gasteiger partial charge >= 0.3 is 5.97 Å². The highest BCUT2D eigenvalue weighted by molar-refractivity contribution is 5.86. The number of amides is 1. The van der Waals surface area contributed by atoms with Crippen molar-refractivity contribution in [2.24, 2.45) is 11.5 Å². The summed E-state index contributed by atoms with van der Waals surface area (Å²) >= 11 is 0. The summed E-state index contributed by atoms with van der Waals surface area (Å²) in [5.74, 6) is -1.82. The number of primary amides is 1. The maximum atomic E-state index is 10.7. The standard InChI is InChI=1S/C7H11N5O3/c8-2-1-4-6(7(14)15)10-11-12(4)3-5(9)13/h1-3,8H2,(H2,9,13)(H,14,15). The highest BCUT2D eigenvalue weighted by Crippen LogP contribution is 2.05. The van der Waals surface area contributed by atoms with Crippen LogP contribution in [0.25, 0.3) is 0 Å². The van der Waals surface area contributed by atoms with E-state index in [1.165, 1.54) is 0 Å². The summed E-state index contributed by atoms with van der Waals surface area (Å²) in [5.41, 5.74) is 10.4. The van der Waals surface area contributed by atoms with E-state index in [4.69, 9.17) is 16.6 Å². The molecule has 0 aromatic carbocycles. The van der Waals surface area contributed by atoms with Crippen molar-refractivity contribution in [3.8, 4) is 0 Å². The van der Waals surface area contributed by atoms with Crippen molar-refractivity contribution in [3.63, 3.8) is 0 Å². The van der Waals surface area contributed by atoms with E-state index in [1.807, 2.05) is 0 Å². The van der Waals surface area contributed by atoms with E-state index in [2.05, 4.69) is 10.3 Å². The van der Waals surface area contributed by atoms with Gasteiger partial charge < -0.3 is 16.6 Å².